The molecule has 0 saturated carbocycles. The van der Waals surface area contributed by atoms with Crippen LogP contribution < -0.4 is 10.1 Å². The Morgan fingerprint density at radius 2 is 1.59 bits per heavy atom. The molecule has 1 aliphatic carbocycles. The zero-order chi connectivity index (χ0) is 23.9. The molecule has 7 heteroatoms. The molecule has 0 bridgehead atoms. The monoisotopic (exact) mass is 525 g/mol. The number of carbonyl (C=O) groups is 2. The molecule has 1 amide bonds. The summed E-state index contributed by atoms with van der Waals surface area (Å²) in [5, 5.41) is 13.5. The number of nitrogens with one attached hydrogen (secondary N) is 1. The first-order chi connectivity index (χ1) is 16.5. The van der Waals surface area contributed by atoms with Gasteiger partial charge in [-0.1, -0.05) is 0 Å². The Bertz CT molecular complexity index is 1100. The van der Waals surface area contributed by atoms with Gasteiger partial charge in [0.15, 0.2) is 0 Å². The number of benzene rings is 3. The van der Waals surface area contributed by atoms with Gasteiger partial charge >= 0.3 is 206 Å². The molecule has 3 aromatic carbocycles. The summed E-state index contributed by atoms with van der Waals surface area (Å²) in [6, 6.07) is 23.7. The van der Waals surface area contributed by atoms with Gasteiger partial charge in [0.1, 0.15) is 0 Å². The van der Waals surface area contributed by atoms with Crippen molar-refractivity contribution < 1.29 is 24.2 Å². The van der Waals surface area contributed by atoms with Gasteiger partial charge in [-0.15, -0.1) is 0 Å². The van der Waals surface area contributed by atoms with Crippen molar-refractivity contribution in [3.63, 3.8) is 0 Å². The molecule has 0 heterocycles. The predicted octanol–water partition coefficient (Wildman–Crippen LogP) is 4.70. The molecule has 1 aliphatic rings. The van der Waals surface area contributed by atoms with Crippen molar-refractivity contribution in [1.29, 1.82) is 0 Å². The average molecular weight is 524 g/mol. The van der Waals surface area contributed by atoms with E-state index in [9.17, 15) is 14.7 Å². The number of hydrogen-bond acceptors (Lipinski definition) is 4. The SMILES string of the molecule is COc1ccc(C[Se]C[C@@H](CC(=O)O)NC(=O)OCC2c3ccccc3-c3ccccc32)cc1. The van der Waals surface area contributed by atoms with Crippen molar-refractivity contribution in [3.8, 4) is 16.9 Å². The molecule has 0 radical (unpaired) electrons. The number of alkyl carbamates (subject to hydrolysis) is 1. The summed E-state index contributed by atoms with van der Waals surface area (Å²) < 4.78 is 10.8. The summed E-state index contributed by atoms with van der Waals surface area (Å²) in [4.78, 5) is 23.9. The maximum absolute atomic E-state index is 12.6. The molecular formula is C27H27NO5Se. The third-order valence-corrected chi connectivity index (χ3v) is 8.30. The zero-order valence-electron chi connectivity index (χ0n) is 18.9. The quantitative estimate of drug-likeness (QED) is 0.376. The number of ether oxygens (including phenoxy) is 2. The fraction of sp³-hybridized carbons (Fsp3) is 0.259. The van der Waals surface area contributed by atoms with Crippen molar-refractivity contribution in [2.45, 2.75) is 29.0 Å². The predicted molar refractivity (Wildman–Crippen MR) is 132 cm³/mol. The minimum atomic E-state index is -0.941. The first-order valence-corrected chi connectivity index (χ1v) is 13.5. The van der Waals surface area contributed by atoms with E-state index >= 15 is 0 Å². The number of carboxylic acid groups (broad SMARTS) is 1. The Balaban J connectivity index is 1.32. The van der Waals surface area contributed by atoms with E-state index in [1.807, 2.05) is 48.5 Å². The second-order valence-corrected chi connectivity index (χ2v) is 10.3. The van der Waals surface area contributed by atoms with Crippen LogP contribution in [0.2, 0.25) is 5.32 Å². The van der Waals surface area contributed by atoms with Crippen LogP contribution in [0.5, 0.6) is 5.75 Å². The van der Waals surface area contributed by atoms with Crippen LogP contribution >= 0.6 is 0 Å². The molecule has 0 spiro atoms. The van der Waals surface area contributed by atoms with Crippen molar-refractivity contribution in [1.82, 2.24) is 5.32 Å². The van der Waals surface area contributed by atoms with Crippen molar-refractivity contribution in [3.05, 3.63) is 89.5 Å². The molecule has 2 N–H and O–H groups in total. The van der Waals surface area contributed by atoms with E-state index < -0.39 is 18.1 Å². The summed E-state index contributed by atoms with van der Waals surface area (Å²) in [5.74, 6) is -0.170. The van der Waals surface area contributed by atoms with Crippen LogP contribution in [0.25, 0.3) is 11.1 Å². The minimum absolute atomic E-state index is 0.0321. The zero-order valence-corrected chi connectivity index (χ0v) is 20.6. The number of fused-ring (bicyclic) bond motifs is 3. The molecule has 0 aromatic heterocycles. The van der Waals surface area contributed by atoms with Crippen LogP contribution in [0.4, 0.5) is 4.79 Å². The van der Waals surface area contributed by atoms with Crippen molar-refractivity contribution in [2.24, 2.45) is 0 Å². The summed E-state index contributed by atoms with van der Waals surface area (Å²) in [5.41, 5.74) is 5.77. The fourth-order valence-corrected chi connectivity index (χ4v) is 6.37. The van der Waals surface area contributed by atoms with E-state index in [2.05, 4.69) is 29.6 Å². The van der Waals surface area contributed by atoms with Gasteiger partial charge in [-0.25, -0.2) is 0 Å². The average Bonchev–Trinajstić information content (AvgIpc) is 3.16. The van der Waals surface area contributed by atoms with E-state index in [1.54, 1.807) is 7.11 Å². The number of aliphatic carboxylic acids is 1. The van der Waals surface area contributed by atoms with Crippen molar-refractivity contribution in [2.75, 3.05) is 13.7 Å². The van der Waals surface area contributed by atoms with Gasteiger partial charge in [0.2, 0.25) is 0 Å². The number of hydrogen-bond donors (Lipinski definition) is 2. The number of carboxylic acids is 1. The fourth-order valence-electron chi connectivity index (χ4n) is 4.21. The van der Waals surface area contributed by atoms with Gasteiger partial charge in [-0.3, -0.25) is 0 Å². The third-order valence-electron chi connectivity index (χ3n) is 5.83. The van der Waals surface area contributed by atoms with Gasteiger partial charge in [-0.05, 0) is 0 Å². The molecule has 1 atom stereocenters. The van der Waals surface area contributed by atoms with E-state index in [0.29, 0.717) is 5.32 Å². The summed E-state index contributed by atoms with van der Waals surface area (Å²) in [6.07, 6.45) is -0.706. The molecule has 176 valence electrons. The second kappa shape index (κ2) is 11.2. The molecule has 6 nitrogen and oxygen atoms in total. The van der Waals surface area contributed by atoms with Gasteiger partial charge in [-0.2, -0.15) is 0 Å². The second-order valence-electron chi connectivity index (χ2n) is 8.13. The maximum atomic E-state index is 12.6. The van der Waals surface area contributed by atoms with E-state index in [0.717, 1.165) is 38.9 Å². The van der Waals surface area contributed by atoms with E-state index in [-0.39, 0.29) is 33.9 Å². The van der Waals surface area contributed by atoms with E-state index in [4.69, 9.17) is 9.47 Å². The van der Waals surface area contributed by atoms with Crippen LogP contribution in [0.3, 0.4) is 0 Å². The standard InChI is InChI=1S/C27H27NO5Se/c1-32-20-12-10-18(11-13-20)16-34-17-19(14-26(29)30)28-27(31)33-15-25-23-8-4-2-6-21(23)22-7-3-5-9-24(22)25/h2-13,19,25H,14-17H2,1H3,(H,28,31)(H,29,30)/t19-/m1/s1. The van der Waals surface area contributed by atoms with Gasteiger partial charge in [0.25, 0.3) is 0 Å². The normalized spacial score (nSPS) is 13.0. The first-order valence-electron chi connectivity index (χ1n) is 11.1. The van der Waals surface area contributed by atoms with E-state index in [1.165, 1.54) is 0 Å². The summed E-state index contributed by atoms with van der Waals surface area (Å²) in [6.45, 7) is 0.205. The topological polar surface area (TPSA) is 84.9 Å². The molecule has 0 aliphatic heterocycles. The Kier molecular flexibility index (Phi) is 7.88. The van der Waals surface area contributed by atoms with Crippen LogP contribution in [0, 0.1) is 0 Å². The van der Waals surface area contributed by atoms with Crippen LogP contribution in [-0.4, -0.2) is 51.9 Å². The van der Waals surface area contributed by atoms with Gasteiger partial charge in [0, 0.05) is 0 Å². The van der Waals surface area contributed by atoms with Crippen LogP contribution in [0.15, 0.2) is 72.8 Å². The van der Waals surface area contributed by atoms with Crippen LogP contribution in [0.1, 0.15) is 29.0 Å². The number of amides is 1. The number of methoxy groups -OCH3 is 1. The molecule has 0 saturated heterocycles. The summed E-state index contributed by atoms with van der Waals surface area (Å²) in [7, 11) is 1.63. The molecule has 0 fully saturated rings. The van der Waals surface area contributed by atoms with Crippen molar-refractivity contribution >= 4 is 27.0 Å². The Labute approximate surface area is 205 Å². The number of carbonyl (C=O) groups excluding carboxylic acids is 1. The Hall–Kier alpha value is -3.28. The molecule has 0 unspecified atom stereocenters. The van der Waals surface area contributed by atoms with Gasteiger partial charge < -0.3 is 0 Å². The van der Waals surface area contributed by atoms with Gasteiger partial charge in [0.05, 0.1) is 0 Å². The third kappa shape index (κ3) is 5.79. The summed E-state index contributed by atoms with van der Waals surface area (Å²) >= 11 is 0.130. The molecule has 4 rings (SSSR count). The Morgan fingerprint density at radius 1 is 0.971 bits per heavy atom. The molecular weight excluding hydrogens is 497 g/mol. The molecule has 34 heavy (non-hydrogen) atoms. The molecule has 3 aromatic rings. The Morgan fingerprint density at radius 3 is 2.18 bits per heavy atom. The van der Waals surface area contributed by atoms with Crippen LogP contribution in [-0.2, 0) is 14.9 Å². The first kappa shape index (κ1) is 23.9. The number of rotatable bonds is 10.